The molecule has 0 aliphatic carbocycles. The number of piperazine rings is 1. The van der Waals surface area contributed by atoms with Gasteiger partial charge in [0.2, 0.25) is 5.91 Å². The van der Waals surface area contributed by atoms with Crippen LogP contribution < -0.4 is 10.1 Å². The summed E-state index contributed by atoms with van der Waals surface area (Å²) in [6.07, 6.45) is 3.36. The first-order valence-corrected chi connectivity index (χ1v) is 13.1. The number of para-hydroxylation sites is 1. The van der Waals surface area contributed by atoms with Gasteiger partial charge in [0.15, 0.2) is 5.06 Å². The number of aromatic nitrogens is 2. The Hall–Kier alpha value is -3.95. The number of hydrogen-bond donors (Lipinski definition) is 2. The summed E-state index contributed by atoms with van der Waals surface area (Å²) in [4.78, 5) is 28.6. The Morgan fingerprint density at radius 1 is 1.11 bits per heavy atom. The Balaban J connectivity index is 1.37. The maximum Gasteiger partial charge on any atom is 0.417 e. The summed E-state index contributed by atoms with van der Waals surface area (Å²) in [5, 5.41) is 13.9. The number of thiophene rings is 1. The van der Waals surface area contributed by atoms with Crippen molar-refractivity contribution in [2.45, 2.75) is 20.4 Å². The molecule has 1 fully saturated rings. The van der Waals surface area contributed by atoms with Crippen molar-refractivity contribution in [2.75, 3.05) is 31.5 Å². The predicted molar refractivity (Wildman–Crippen MR) is 148 cm³/mol. The molecular formula is C28H29N5O3S. The van der Waals surface area contributed by atoms with Crippen LogP contribution in [0, 0.1) is 6.92 Å². The molecule has 0 saturated carbocycles. The second kappa shape index (κ2) is 11.0. The number of nitrogens with zero attached hydrogens (tertiary/aromatic N) is 3. The van der Waals surface area contributed by atoms with Crippen LogP contribution in [0.1, 0.15) is 29.3 Å². The molecule has 37 heavy (non-hydrogen) atoms. The predicted octanol–water partition coefficient (Wildman–Crippen LogP) is 5.38. The van der Waals surface area contributed by atoms with E-state index in [1.54, 1.807) is 6.92 Å². The molecule has 2 aromatic carbocycles. The van der Waals surface area contributed by atoms with Crippen molar-refractivity contribution in [3.05, 3.63) is 76.3 Å². The van der Waals surface area contributed by atoms with Crippen molar-refractivity contribution in [3.8, 4) is 5.06 Å². The normalized spacial score (nSPS) is 14.4. The molecule has 4 aromatic rings. The van der Waals surface area contributed by atoms with Crippen LogP contribution >= 0.6 is 11.3 Å². The standard InChI is InChI=1S/C28H29N5O3S/c1-19-11-16-37-27(19)36-28(35)29-26-17-21(18-32-12-14-33(15-13-32)20(2)34)7-8-22(26)9-10-25-23-5-3-4-6-24(23)30-31-25/h3-11,16-17H,12-15,18H2,1-2H3,(H,29,35)(H,30,31)/b10-9+. The maximum absolute atomic E-state index is 12.8. The smallest absolute Gasteiger partial charge is 0.399 e. The van der Waals surface area contributed by atoms with Crippen molar-refractivity contribution in [3.63, 3.8) is 0 Å². The van der Waals surface area contributed by atoms with Crippen LogP contribution in [-0.2, 0) is 11.3 Å². The number of nitrogens with one attached hydrogen (secondary N) is 2. The second-order valence-electron chi connectivity index (χ2n) is 9.10. The van der Waals surface area contributed by atoms with Crippen LogP contribution in [-0.4, -0.2) is 58.2 Å². The van der Waals surface area contributed by atoms with Crippen molar-refractivity contribution >= 4 is 52.1 Å². The van der Waals surface area contributed by atoms with Crippen LogP contribution in [0.3, 0.4) is 0 Å². The van der Waals surface area contributed by atoms with Gasteiger partial charge in [-0.25, -0.2) is 4.79 Å². The van der Waals surface area contributed by atoms with E-state index in [-0.39, 0.29) is 5.91 Å². The molecule has 8 nitrogen and oxygen atoms in total. The molecule has 1 saturated heterocycles. The molecule has 0 atom stereocenters. The Kier molecular flexibility index (Phi) is 7.34. The molecule has 1 aliphatic rings. The maximum atomic E-state index is 12.8. The summed E-state index contributed by atoms with van der Waals surface area (Å²) in [5.74, 6) is 0.117. The van der Waals surface area contributed by atoms with E-state index in [4.69, 9.17) is 4.74 Å². The molecule has 190 valence electrons. The molecule has 2 amide bonds. The number of rotatable bonds is 6. The number of aryl methyl sites for hydroxylation is 1. The third-order valence-corrected chi connectivity index (χ3v) is 7.39. The van der Waals surface area contributed by atoms with Crippen LogP contribution in [0.4, 0.5) is 10.5 Å². The number of carbonyl (C=O) groups excluding carboxylic acids is 2. The largest absolute Gasteiger partial charge is 0.417 e. The fraction of sp³-hybridized carbons (Fsp3) is 0.250. The number of fused-ring (bicyclic) bond motifs is 1. The van der Waals surface area contributed by atoms with E-state index in [2.05, 4.69) is 26.5 Å². The van der Waals surface area contributed by atoms with E-state index in [9.17, 15) is 9.59 Å². The topological polar surface area (TPSA) is 90.6 Å². The highest BCUT2D eigenvalue weighted by molar-refractivity contribution is 7.12. The van der Waals surface area contributed by atoms with Gasteiger partial charge in [-0.1, -0.05) is 36.4 Å². The zero-order valence-electron chi connectivity index (χ0n) is 20.9. The highest BCUT2D eigenvalue weighted by Crippen LogP contribution is 2.27. The third-order valence-electron chi connectivity index (χ3n) is 6.50. The Morgan fingerprint density at radius 2 is 1.92 bits per heavy atom. The third kappa shape index (κ3) is 5.90. The van der Waals surface area contributed by atoms with Crippen molar-refractivity contribution in [2.24, 2.45) is 0 Å². The molecular weight excluding hydrogens is 486 g/mol. The summed E-state index contributed by atoms with van der Waals surface area (Å²) in [6, 6.07) is 15.9. The molecule has 3 heterocycles. The van der Waals surface area contributed by atoms with E-state index < -0.39 is 6.09 Å². The minimum atomic E-state index is -0.530. The summed E-state index contributed by atoms with van der Waals surface area (Å²) in [7, 11) is 0. The van der Waals surface area contributed by atoms with Gasteiger partial charge in [-0.15, -0.1) is 11.3 Å². The number of benzene rings is 2. The van der Waals surface area contributed by atoms with E-state index >= 15 is 0 Å². The number of aromatic amines is 1. The van der Waals surface area contributed by atoms with Crippen LogP contribution in [0.15, 0.2) is 53.9 Å². The second-order valence-corrected chi connectivity index (χ2v) is 9.98. The molecule has 0 spiro atoms. The number of carbonyl (C=O) groups is 2. The summed E-state index contributed by atoms with van der Waals surface area (Å²) >= 11 is 1.39. The molecule has 1 aliphatic heterocycles. The lowest BCUT2D eigenvalue weighted by atomic mass is 10.1. The number of H-pyrrole nitrogens is 1. The number of anilines is 1. The van der Waals surface area contributed by atoms with Gasteiger partial charge in [0.25, 0.3) is 0 Å². The zero-order valence-corrected chi connectivity index (χ0v) is 21.7. The number of amides is 2. The molecule has 0 radical (unpaired) electrons. The summed E-state index contributed by atoms with van der Waals surface area (Å²) in [5.41, 5.74) is 5.29. The van der Waals surface area contributed by atoms with Crippen LogP contribution in [0.5, 0.6) is 5.06 Å². The summed E-state index contributed by atoms with van der Waals surface area (Å²) < 4.78 is 5.56. The lowest BCUT2D eigenvalue weighted by Gasteiger charge is -2.34. The van der Waals surface area contributed by atoms with E-state index in [1.807, 2.05) is 71.8 Å². The van der Waals surface area contributed by atoms with Crippen molar-refractivity contribution in [1.29, 1.82) is 0 Å². The molecule has 0 bridgehead atoms. The quantitative estimate of drug-likeness (QED) is 0.360. The lowest BCUT2D eigenvalue weighted by molar-refractivity contribution is -0.130. The molecule has 9 heteroatoms. The van der Waals surface area contributed by atoms with Crippen molar-refractivity contribution < 1.29 is 14.3 Å². The fourth-order valence-corrected chi connectivity index (χ4v) is 5.17. The molecule has 5 rings (SSSR count). The van der Waals surface area contributed by atoms with E-state index in [1.165, 1.54) is 11.3 Å². The lowest BCUT2D eigenvalue weighted by Crippen LogP contribution is -2.47. The zero-order chi connectivity index (χ0) is 25.8. The SMILES string of the molecule is CC(=O)N1CCN(Cc2ccc(/C=C/c3n[nH]c4ccccc34)c(NC(=O)Oc3sccc3C)c2)CC1. The van der Waals surface area contributed by atoms with E-state index in [0.717, 1.165) is 66.0 Å². The summed E-state index contributed by atoms with van der Waals surface area (Å²) in [6.45, 7) is 7.34. The van der Waals surface area contributed by atoms with E-state index in [0.29, 0.717) is 10.8 Å². The Bertz CT molecular complexity index is 1450. The van der Waals surface area contributed by atoms with Gasteiger partial charge in [-0.05, 0) is 47.7 Å². The number of hydrogen-bond acceptors (Lipinski definition) is 6. The average molecular weight is 516 g/mol. The first kappa shape index (κ1) is 24.7. The minimum absolute atomic E-state index is 0.117. The van der Waals surface area contributed by atoms with Gasteiger partial charge in [-0.2, -0.15) is 5.10 Å². The fourth-order valence-electron chi connectivity index (χ4n) is 4.40. The van der Waals surface area contributed by atoms with Gasteiger partial charge < -0.3 is 9.64 Å². The van der Waals surface area contributed by atoms with Gasteiger partial charge in [0.1, 0.15) is 0 Å². The Labute approximate surface area is 219 Å². The minimum Gasteiger partial charge on any atom is -0.399 e. The molecule has 0 unspecified atom stereocenters. The first-order chi connectivity index (χ1) is 18.0. The number of ether oxygens (including phenoxy) is 1. The molecule has 2 N–H and O–H groups in total. The van der Waals surface area contributed by atoms with Gasteiger partial charge >= 0.3 is 6.09 Å². The van der Waals surface area contributed by atoms with Gasteiger partial charge in [0, 0.05) is 50.6 Å². The van der Waals surface area contributed by atoms with Crippen LogP contribution in [0.2, 0.25) is 0 Å². The monoisotopic (exact) mass is 515 g/mol. The van der Waals surface area contributed by atoms with Crippen molar-refractivity contribution in [1.82, 2.24) is 20.0 Å². The first-order valence-electron chi connectivity index (χ1n) is 12.2. The highest BCUT2D eigenvalue weighted by atomic mass is 32.1. The highest BCUT2D eigenvalue weighted by Gasteiger charge is 2.19. The molecule has 2 aromatic heterocycles. The Morgan fingerprint density at radius 3 is 2.68 bits per heavy atom. The van der Waals surface area contributed by atoms with Gasteiger partial charge in [-0.3, -0.25) is 20.1 Å². The van der Waals surface area contributed by atoms with Crippen LogP contribution in [0.25, 0.3) is 23.1 Å². The van der Waals surface area contributed by atoms with Gasteiger partial charge in [0.05, 0.1) is 16.9 Å². The average Bonchev–Trinajstić information content (AvgIpc) is 3.49.